The second kappa shape index (κ2) is 3.72. The van der Waals surface area contributed by atoms with Crippen molar-refractivity contribution in [3.05, 3.63) is 0 Å². The Labute approximate surface area is 55.2 Å². The van der Waals surface area contributed by atoms with E-state index >= 15 is 0 Å². The van der Waals surface area contributed by atoms with Crippen LogP contribution in [0.1, 0.15) is 6.92 Å². The smallest absolute Gasteiger partial charge is 0.0879 e. The summed E-state index contributed by atoms with van der Waals surface area (Å²) in [7, 11) is 3.46. The number of hydrogen-bond donors (Lipinski definition) is 1. The molecule has 0 aliphatic carbocycles. The predicted octanol–water partition coefficient (Wildman–Crippen LogP) is 1.19. The maximum Gasteiger partial charge on any atom is 0.0879 e. The molecule has 0 fully saturated rings. The Bertz CT molecular complexity index is 81.4. The molecule has 0 aliphatic heterocycles. The van der Waals surface area contributed by atoms with E-state index in [1.165, 1.54) is 0 Å². The largest absolute Gasteiger partial charge is 0.269 e. The second-order valence-electron chi connectivity index (χ2n) is 1.49. The molecule has 1 unspecified atom stereocenters. The molecule has 0 heterocycles. The predicted molar refractivity (Wildman–Crippen MR) is 37.0 cm³/mol. The molecule has 0 saturated carbocycles. The van der Waals surface area contributed by atoms with Gasteiger partial charge in [0.25, 0.3) is 0 Å². The first-order chi connectivity index (χ1) is 3.68. The minimum Gasteiger partial charge on any atom is -0.269 e. The van der Waals surface area contributed by atoms with Crippen molar-refractivity contribution in [2.45, 2.75) is 12.3 Å². The molecule has 4 heteroatoms. The summed E-state index contributed by atoms with van der Waals surface area (Å²) >= 11 is 4.10. The van der Waals surface area contributed by atoms with Gasteiger partial charge in [0, 0.05) is 7.05 Å². The standard InChI is InChI=1S/C4H11N3S/c1-4(8)7(3)6-5-2/h4,8H,1-3H3. The highest BCUT2D eigenvalue weighted by molar-refractivity contribution is 7.80. The number of hydrogen-bond acceptors (Lipinski definition) is 3. The molecule has 0 saturated heterocycles. The molecule has 0 aliphatic rings. The SMILES string of the molecule is CN=NN(C)C(C)S. The van der Waals surface area contributed by atoms with Crippen LogP contribution in [0.2, 0.25) is 0 Å². The van der Waals surface area contributed by atoms with Gasteiger partial charge in [-0.2, -0.15) is 17.7 Å². The van der Waals surface area contributed by atoms with Crippen molar-refractivity contribution in [2.24, 2.45) is 10.3 Å². The van der Waals surface area contributed by atoms with Gasteiger partial charge in [0.1, 0.15) is 0 Å². The minimum atomic E-state index is 0.138. The van der Waals surface area contributed by atoms with Crippen LogP contribution >= 0.6 is 12.6 Å². The Hall–Kier alpha value is -0.250. The summed E-state index contributed by atoms with van der Waals surface area (Å²) in [4.78, 5) is 0. The van der Waals surface area contributed by atoms with E-state index in [1.54, 1.807) is 12.1 Å². The van der Waals surface area contributed by atoms with Gasteiger partial charge in [-0.05, 0) is 6.92 Å². The molecular weight excluding hydrogens is 122 g/mol. The first-order valence-electron chi connectivity index (χ1n) is 2.39. The molecule has 0 rings (SSSR count). The monoisotopic (exact) mass is 133 g/mol. The summed E-state index contributed by atoms with van der Waals surface area (Å²) < 4.78 is 0. The van der Waals surface area contributed by atoms with Gasteiger partial charge in [-0.3, -0.25) is 5.01 Å². The summed E-state index contributed by atoms with van der Waals surface area (Å²) in [6.07, 6.45) is 0. The second-order valence-corrected chi connectivity index (χ2v) is 2.24. The zero-order valence-corrected chi connectivity index (χ0v) is 6.26. The fourth-order valence-electron chi connectivity index (χ4n) is 0.216. The molecular formula is C4H11N3S. The molecule has 0 amide bonds. The Morgan fingerprint density at radius 2 is 2.12 bits per heavy atom. The maximum atomic E-state index is 4.10. The molecule has 0 N–H and O–H groups in total. The van der Waals surface area contributed by atoms with Crippen LogP contribution in [0.25, 0.3) is 0 Å². The van der Waals surface area contributed by atoms with E-state index < -0.39 is 0 Å². The topological polar surface area (TPSA) is 28.0 Å². The quantitative estimate of drug-likeness (QED) is 0.260. The highest BCUT2D eigenvalue weighted by Gasteiger charge is 1.96. The van der Waals surface area contributed by atoms with Crippen LogP contribution in [0.4, 0.5) is 0 Å². The van der Waals surface area contributed by atoms with E-state index in [9.17, 15) is 0 Å². The molecule has 0 radical (unpaired) electrons. The van der Waals surface area contributed by atoms with Crippen molar-refractivity contribution in [1.82, 2.24) is 5.01 Å². The summed E-state index contributed by atoms with van der Waals surface area (Å²) in [5, 5.41) is 9.07. The fraction of sp³-hybridized carbons (Fsp3) is 1.00. The van der Waals surface area contributed by atoms with Crippen LogP contribution in [-0.2, 0) is 0 Å². The Morgan fingerprint density at radius 3 is 2.25 bits per heavy atom. The van der Waals surface area contributed by atoms with Crippen LogP contribution < -0.4 is 0 Å². The first-order valence-corrected chi connectivity index (χ1v) is 2.90. The fourth-order valence-corrected chi connectivity index (χ4v) is 0.262. The van der Waals surface area contributed by atoms with Crippen LogP contribution in [0.5, 0.6) is 0 Å². The number of nitrogens with zero attached hydrogens (tertiary/aromatic N) is 3. The lowest BCUT2D eigenvalue weighted by Crippen LogP contribution is -2.16. The van der Waals surface area contributed by atoms with Crippen molar-refractivity contribution < 1.29 is 0 Å². The van der Waals surface area contributed by atoms with Crippen molar-refractivity contribution in [2.75, 3.05) is 14.1 Å². The molecule has 0 aromatic rings. The third kappa shape index (κ3) is 2.85. The lowest BCUT2D eigenvalue weighted by molar-refractivity contribution is 0.324. The maximum absolute atomic E-state index is 4.10. The Kier molecular flexibility index (Phi) is 3.60. The van der Waals surface area contributed by atoms with Crippen molar-refractivity contribution in [1.29, 1.82) is 0 Å². The van der Waals surface area contributed by atoms with Crippen molar-refractivity contribution >= 4 is 12.6 Å². The van der Waals surface area contributed by atoms with Gasteiger partial charge >= 0.3 is 0 Å². The van der Waals surface area contributed by atoms with Gasteiger partial charge in [0.15, 0.2) is 0 Å². The van der Waals surface area contributed by atoms with Crippen LogP contribution in [0.3, 0.4) is 0 Å². The first kappa shape index (κ1) is 7.75. The third-order valence-corrected chi connectivity index (χ3v) is 1.11. The summed E-state index contributed by atoms with van der Waals surface area (Å²) in [5.41, 5.74) is 0. The lowest BCUT2D eigenvalue weighted by Gasteiger charge is -2.13. The van der Waals surface area contributed by atoms with E-state index in [2.05, 4.69) is 23.0 Å². The molecule has 3 nitrogen and oxygen atoms in total. The van der Waals surface area contributed by atoms with E-state index in [0.29, 0.717) is 0 Å². The molecule has 1 atom stereocenters. The molecule has 8 heavy (non-hydrogen) atoms. The third-order valence-electron chi connectivity index (χ3n) is 0.771. The van der Waals surface area contributed by atoms with Crippen molar-refractivity contribution in [3.8, 4) is 0 Å². The van der Waals surface area contributed by atoms with Gasteiger partial charge in [0.2, 0.25) is 0 Å². The molecule has 0 spiro atoms. The highest BCUT2D eigenvalue weighted by atomic mass is 32.1. The van der Waals surface area contributed by atoms with Gasteiger partial charge in [-0.15, -0.1) is 0 Å². The lowest BCUT2D eigenvalue weighted by atomic mass is 10.7. The zero-order valence-electron chi connectivity index (χ0n) is 5.37. The normalized spacial score (nSPS) is 14.5. The van der Waals surface area contributed by atoms with E-state index in [1.807, 2.05) is 14.0 Å². The summed E-state index contributed by atoms with van der Waals surface area (Å²) in [6, 6.07) is 0. The van der Waals surface area contributed by atoms with Gasteiger partial charge < -0.3 is 0 Å². The molecule has 0 bridgehead atoms. The molecule has 0 aromatic carbocycles. The van der Waals surface area contributed by atoms with E-state index in [-0.39, 0.29) is 5.37 Å². The molecule has 0 aromatic heterocycles. The average molecular weight is 133 g/mol. The number of thiol groups is 1. The zero-order chi connectivity index (χ0) is 6.57. The minimum absolute atomic E-state index is 0.138. The van der Waals surface area contributed by atoms with E-state index in [0.717, 1.165) is 0 Å². The summed E-state index contributed by atoms with van der Waals surface area (Å²) in [6.45, 7) is 1.93. The van der Waals surface area contributed by atoms with E-state index in [4.69, 9.17) is 0 Å². The summed E-state index contributed by atoms with van der Waals surface area (Å²) in [5.74, 6) is 0. The van der Waals surface area contributed by atoms with Crippen LogP contribution in [0, 0.1) is 0 Å². The van der Waals surface area contributed by atoms with Crippen molar-refractivity contribution in [3.63, 3.8) is 0 Å². The molecule has 48 valence electrons. The van der Waals surface area contributed by atoms with Gasteiger partial charge in [-0.1, -0.05) is 5.22 Å². The highest BCUT2D eigenvalue weighted by Crippen LogP contribution is 1.98. The Morgan fingerprint density at radius 1 is 1.62 bits per heavy atom. The Balaban J connectivity index is 3.47. The van der Waals surface area contributed by atoms with Crippen LogP contribution in [-0.4, -0.2) is 24.5 Å². The van der Waals surface area contributed by atoms with Gasteiger partial charge in [-0.25, -0.2) is 0 Å². The van der Waals surface area contributed by atoms with Gasteiger partial charge in [0.05, 0.1) is 12.4 Å². The number of rotatable bonds is 2. The average Bonchev–Trinajstić information content (AvgIpc) is 1.67. The van der Waals surface area contributed by atoms with Crippen LogP contribution in [0.15, 0.2) is 10.3 Å².